The number of ether oxygens (including phenoxy) is 2. The summed E-state index contributed by atoms with van der Waals surface area (Å²) in [5.41, 5.74) is 7.31. The Hall–Kier alpha value is -2.37. The quantitative estimate of drug-likeness (QED) is 0.859. The lowest BCUT2D eigenvalue weighted by Gasteiger charge is -2.13. The van der Waals surface area contributed by atoms with E-state index in [1.807, 2.05) is 6.92 Å². The second-order valence-electron chi connectivity index (χ2n) is 4.26. The Morgan fingerprint density at radius 2 is 1.81 bits per heavy atom. The molecular formula is C15H14F3NO2. The number of alkyl halides is 3. The molecule has 0 unspecified atom stereocenters. The lowest BCUT2D eigenvalue weighted by atomic mass is 10.0. The number of benzene rings is 2. The zero-order valence-electron chi connectivity index (χ0n) is 11.3. The Balaban J connectivity index is 2.38. The molecule has 112 valence electrons. The Morgan fingerprint density at radius 1 is 1.05 bits per heavy atom. The Morgan fingerprint density at radius 3 is 2.48 bits per heavy atom. The normalized spacial score (nSPS) is 11.2. The van der Waals surface area contributed by atoms with Crippen LogP contribution in [0, 0.1) is 0 Å². The van der Waals surface area contributed by atoms with Gasteiger partial charge < -0.3 is 15.2 Å². The van der Waals surface area contributed by atoms with E-state index in [1.54, 1.807) is 24.3 Å². The average molecular weight is 297 g/mol. The maximum Gasteiger partial charge on any atom is 0.573 e. The minimum absolute atomic E-state index is 0.312. The van der Waals surface area contributed by atoms with Crippen molar-refractivity contribution in [2.75, 3.05) is 12.3 Å². The topological polar surface area (TPSA) is 44.5 Å². The summed E-state index contributed by atoms with van der Waals surface area (Å²) in [5.74, 6) is 0.310. The second-order valence-corrected chi connectivity index (χ2v) is 4.26. The largest absolute Gasteiger partial charge is 0.573 e. The third-order valence-electron chi connectivity index (χ3n) is 2.71. The van der Waals surface area contributed by atoms with Gasteiger partial charge in [-0.2, -0.15) is 0 Å². The van der Waals surface area contributed by atoms with Crippen molar-refractivity contribution in [3.8, 4) is 22.6 Å². The highest BCUT2D eigenvalue weighted by atomic mass is 19.4. The summed E-state index contributed by atoms with van der Waals surface area (Å²) in [6.45, 7) is 2.34. The van der Waals surface area contributed by atoms with Crippen LogP contribution in [0.4, 0.5) is 18.9 Å². The molecule has 0 aliphatic rings. The fourth-order valence-corrected chi connectivity index (χ4v) is 1.90. The highest BCUT2D eigenvalue weighted by Crippen LogP contribution is 2.33. The fourth-order valence-electron chi connectivity index (χ4n) is 1.90. The van der Waals surface area contributed by atoms with E-state index < -0.39 is 6.36 Å². The van der Waals surface area contributed by atoms with Gasteiger partial charge in [0.25, 0.3) is 0 Å². The van der Waals surface area contributed by atoms with Crippen LogP contribution in [0.15, 0.2) is 42.5 Å². The molecule has 0 aliphatic heterocycles. The summed E-state index contributed by atoms with van der Waals surface area (Å²) < 4.78 is 46.1. The minimum Gasteiger partial charge on any atom is -0.494 e. The predicted octanol–water partition coefficient (Wildman–Crippen LogP) is 4.23. The van der Waals surface area contributed by atoms with Crippen LogP contribution in [0.5, 0.6) is 11.5 Å². The van der Waals surface area contributed by atoms with Crippen LogP contribution >= 0.6 is 0 Å². The molecule has 0 amide bonds. The SMILES string of the molecule is CCOc1cccc(-c2cc(OC(F)(F)F)ccc2N)c1. The second kappa shape index (κ2) is 5.95. The third-order valence-corrected chi connectivity index (χ3v) is 2.71. The summed E-state index contributed by atoms with van der Waals surface area (Å²) in [4.78, 5) is 0. The first-order valence-electron chi connectivity index (χ1n) is 6.27. The predicted molar refractivity (Wildman–Crippen MR) is 74.1 cm³/mol. The molecule has 0 aliphatic carbocycles. The first-order chi connectivity index (χ1) is 9.89. The number of hydrogen-bond acceptors (Lipinski definition) is 3. The lowest BCUT2D eigenvalue weighted by molar-refractivity contribution is -0.274. The van der Waals surface area contributed by atoms with Crippen LogP contribution in [0.2, 0.25) is 0 Å². The maximum absolute atomic E-state index is 12.3. The molecular weight excluding hydrogens is 283 g/mol. The van der Waals surface area contributed by atoms with Gasteiger partial charge in [-0.05, 0) is 42.8 Å². The van der Waals surface area contributed by atoms with Crippen molar-refractivity contribution in [2.45, 2.75) is 13.3 Å². The van der Waals surface area contributed by atoms with E-state index in [0.29, 0.717) is 29.2 Å². The van der Waals surface area contributed by atoms with Crippen molar-refractivity contribution in [1.29, 1.82) is 0 Å². The Kier molecular flexibility index (Phi) is 4.26. The summed E-state index contributed by atoms with van der Waals surface area (Å²) in [6, 6.07) is 10.8. The first kappa shape index (κ1) is 15.0. The Bertz CT molecular complexity index is 627. The van der Waals surface area contributed by atoms with E-state index in [2.05, 4.69) is 4.74 Å². The van der Waals surface area contributed by atoms with Crippen LogP contribution in [0.25, 0.3) is 11.1 Å². The van der Waals surface area contributed by atoms with Crippen LogP contribution in [0.1, 0.15) is 6.92 Å². The molecule has 0 radical (unpaired) electrons. The number of nitrogens with two attached hydrogens (primary N) is 1. The summed E-state index contributed by atoms with van der Waals surface area (Å²) in [6.07, 6.45) is -4.74. The standard InChI is InChI=1S/C15H14F3NO2/c1-2-20-11-5-3-4-10(8-11)13-9-12(6-7-14(13)19)21-15(16,17)18/h3-9H,2,19H2,1H3. The fraction of sp³-hybridized carbons (Fsp3) is 0.200. The first-order valence-corrected chi connectivity index (χ1v) is 6.27. The lowest BCUT2D eigenvalue weighted by Crippen LogP contribution is -2.17. The van der Waals surface area contributed by atoms with Crippen LogP contribution in [-0.4, -0.2) is 13.0 Å². The molecule has 0 saturated carbocycles. The number of halogens is 3. The van der Waals surface area contributed by atoms with Gasteiger partial charge >= 0.3 is 6.36 Å². The summed E-state index contributed by atoms with van der Waals surface area (Å²) in [5, 5.41) is 0. The van der Waals surface area contributed by atoms with Gasteiger partial charge in [0.05, 0.1) is 6.61 Å². The minimum atomic E-state index is -4.74. The zero-order valence-corrected chi connectivity index (χ0v) is 11.3. The number of rotatable bonds is 4. The van der Waals surface area contributed by atoms with Gasteiger partial charge in [-0.3, -0.25) is 0 Å². The number of hydrogen-bond donors (Lipinski definition) is 1. The van der Waals surface area contributed by atoms with Crippen molar-refractivity contribution in [1.82, 2.24) is 0 Å². The average Bonchev–Trinajstić information content (AvgIpc) is 2.40. The molecule has 0 spiro atoms. The molecule has 2 aromatic carbocycles. The van der Waals surface area contributed by atoms with Gasteiger partial charge in [-0.1, -0.05) is 12.1 Å². The highest BCUT2D eigenvalue weighted by molar-refractivity contribution is 5.78. The van der Waals surface area contributed by atoms with Crippen LogP contribution in [0.3, 0.4) is 0 Å². The molecule has 0 atom stereocenters. The Labute approximate surface area is 120 Å². The van der Waals surface area contributed by atoms with Gasteiger partial charge in [-0.15, -0.1) is 13.2 Å². The molecule has 0 aromatic heterocycles. The maximum atomic E-state index is 12.3. The molecule has 0 saturated heterocycles. The van der Waals surface area contributed by atoms with Crippen LogP contribution < -0.4 is 15.2 Å². The molecule has 2 aromatic rings. The van der Waals surface area contributed by atoms with E-state index in [9.17, 15) is 13.2 Å². The molecule has 2 rings (SSSR count). The van der Waals surface area contributed by atoms with Crippen LogP contribution in [-0.2, 0) is 0 Å². The molecule has 2 N–H and O–H groups in total. The van der Waals surface area contributed by atoms with Gasteiger partial charge in [0.2, 0.25) is 0 Å². The van der Waals surface area contributed by atoms with E-state index in [4.69, 9.17) is 10.5 Å². The molecule has 0 heterocycles. The van der Waals surface area contributed by atoms with Crippen molar-refractivity contribution >= 4 is 5.69 Å². The number of anilines is 1. The number of nitrogen functional groups attached to an aromatic ring is 1. The van der Waals surface area contributed by atoms with Gasteiger partial charge in [-0.25, -0.2) is 0 Å². The summed E-state index contributed by atoms with van der Waals surface area (Å²) >= 11 is 0. The highest BCUT2D eigenvalue weighted by Gasteiger charge is 2.31. The van der Waals surface area contributed by atoms with E-state index in [0.717, 1.165) is 0 Å². The van der Waals surface area contributed by atoms with Crippen molar-refractivity contribution in [2.24, 2.45) is 0 Å². The van der Waals surface area contributed by atoms with Gasteiger partial charge in [0, 0.05) is 11.3 Å². The van der Waals surface area contributed by atoms with Gasteiger partial charge in [0.15, 0.2) is 0 Å². The van der Waals surface area contributed by atoms with E-state index >= 15 is 0 Å². The molecule has 3 nitrogen and oxygen atoms in total. The molecule has 0 fully saturated rings. The molecule has 21 heavy (non-hydrogen) atoms. The smallest absolute Gasteiger partial charge is 0.494 e. The summed E-state index contributed by atoms with van der Waals surface area (Å²) in [7, 11) is 0. The van der Waals surface area contributed by atoms with Crippen molar-refractivity contribution in [3.63, 3.8) is 0 Å². The van der Waals surface area contributed by atoms with E-state index in [1.165, 1.54) is 18.2 Å². The molecule has 0 bridgehead atoms. The van der Waals surface area contributed by atoms with Gasteiger partial charge in [0.1, 0.15) is 11.5 Å². The zero-order chi connectivity index (χ0) is 15.5. The molecule has 6 heteroatoms. The van der Waals surface area contributed by atoms with E-state index in [-0.39, 0.29) is 5.75 Å². The monoisotopic (exact) mass is 297 g/mol. The van der Waals surface area contributed by atoms with Crippen molar-refractivity contribution < 1.29 is 22.6 Å². The third kappa shape index (κ3) is 4.05. The van der Waals surface area contributed by atoms with Crippen molar-refractivity contribution in [3.05, 3.63) is 42.5 Å².